The summed E-state index contributed by atoms with van der Waals surface area (Å²) >= 11 is 0. The summed E-state index contributed by atoms with van der Waals surface area (Å²) in [5, 5.41) is 17.6. The van der Waals surface area contributed by atoms with Crippen molar-refractivity contribution in [3.63, 3.8) is 0 Å². The highest BCUT2D eigenvalue weighted by molar-refractivity contribution is 5.55. The van der Waals surface area contributed by atoms with E-state index in [9.17, 15) is 10.1 Å². The van der Waals surface area contributed by atoms with E-state index in [1.54, 1.807) is 12.1 Å². The highest BCUT2D eigenvalue weighted by Gasteiger charge is 2.20. The zero-order chi connectivity index (χ0) is 23.0. The quantitative estimate of drug-likeness (QED) is 0.392. The lowest BCUT2D eigenvalue weighted by Gasteiger charge is -2.22. The molecule has 4 rings (SSSR count). The molecule has 178 valence electrons. The second-order valence-corrected chi connectivity index (χ2v) is 8.76. The lowest BCUT2D eigenvalue weighted by Crippen LogP contribution is -2.30. The third-order valence-corrected chi connectivity index (χ3v) is 6.22. The van der Waals surface area contributed by atoms with Gasteiger partial charge in [-0.3, -0.25) is 10.1 Å². The van der Waals surface area contributed by atoms with Crippen molar-refractivity contribution in [1.29, 1.82) is 0 Å². The number of rotatable bonds is 11. The monoisotopic (exact) mass is 454 g/mol. The van der Waals surface area contributed by atoms with E-state index in [0.29, 0.717) is 0 Å². The summed E-state index contributed by atoms with van der Waals surface area (Å²) in [4.78, 5) is 26.9. The molecule has 0 atom stereocenters. The molecular formula is C23H34N8O2. The molecule has 2 fully saturated rings. The van der Waals surface area contributed by atoms with Crippen LogP contribution in [0.5, 0.6) is 0 Å². The summed E-state index contributed by atoms with van der Waals surface area (Å²) in [7, 11) is 2.09. The van der Waals surface area contributed by atoms with E-state index in [-0.39, 0.29) is 10.6 Å². The number of nitro groups is 1. The topological polar surface area (TPSA) is 103 Å². The van der Waals surface area contributed by atoms with Gasteiger partial charge in [0.25, 0.3) is 5.69 Å². The highest BCUT2D eigenvalue weighted by Crippen LogP contribution is 2.25. The summed E-state index contributed by atoms with van der Waals surface area (Å²) in [6.45, 7) is 7.51. The van der Waals surface area contributed by atoms with Gasteiger partial charge in [0.1, 0.15) is 11.6 Å². The molecule has 2 N–H and O–H groups in total. The number of benzene rings is 1. The summed E-state index contributed by atoms with van der Waals surface area (Å²) in [5.74, 6) is 2.78. The SMILES string of the molecule is CN(CCNc1ccc([N+](=O)[O-])cc1)CCNc1cc(N2CCCC2)nc(N2CCCC2)n1. The molecule has 0 aliphatic carbocycles. The van der Waals surface area contributed by atoms with Gasteiger partial charge < -0.3 is 25.3 Å². The van der Waals surface area contributed by atoms with Gasteiger partial charge in [-0.15, -0.1) is 0 Å². The molecule has 0 saturated carbocycles. The van der Waals surface area contributed by atoms with Crippen LogP contribution in [0.3, 0.4) is 0 Å². The van der Waals surface area contributed by atoms with Crippen LogP contribution in [-0.2, 0) is 0 Å². The maximum Gasteiger partial charge on any atom is 0.269 e. The van der Waals surface area contributed by atoms with Crippen LogP contribution < -0.4 is 20.4 Å². The average Bonchev–Trinajstić information content (AvgIpc) is 3.54. The molecule has 2 saturated heterocycles. The predicted molar refractivity (Wildman–Crippen MR) is 132 cm³/mol. The number of anilines is 4. The Hall–Kier alpha value is -3.14. The Kier molecular flexibility index (Phi) is 7.77. The molecular weight excluding hydrogens is 420 g/mol. The van der Waals surface area contributed by atoms with Crippen LogP contribution in [0.1, 0.15) is 25.7 Å². The predicted octanol–water partition coefficient (Wildman–Crippen LogP) is 3.04. The molecule has 0 bridgehead atoms. The molecule has 2 aromatic rings. The first-order valence-corrected chi connectivity index (χ1v) is 11.9. The van der Waals surface area contributed by atoms with Crippen LogP contribution in [0.15, 0.2) is 30.3 Å². The Labute approximate surface area is 195 Å². The van der Waals surface area contributed by atoms with Crippen molar-refractivity contribution < 1.29 is 4.92 Å². The van der Waals surface area contributed by atoms with E-state index in [4.69, 9.17) is 9.97 Å². The first-order valence-electron chi connectivity index (χ1n) is 11.9. The Balaban J connectivity index is 1.25. The third-order valence-electron chi connectivity index (χ3n) is 6.22. The van der Waals surface area contributed by atoms with E-state index in [1.165, 1.54) is 37.8 Å². The number of aromatic nitrogens is 2. The number of hydrogen-bond acceptors (Lipinski definition) is 9. The van der Waals surface area contributed by atoms with Gasteiger partial charge in [-0.25, -0.2) is 0 Å². The Morgan fingerprint density at radius 2 is 1.55 bits per heavy atom. The average molecular weight is 455 g/mol. The van der Waals surface area contributed by atoms with Crippen LogP contribution in [0.2, 0.25) is 0 Å². The van der Waals surface area contributed by atoms with Crippen molar-refractivity contribution in [2.24, 2.45) is 0 Å². The molecule has 10 heteroatoms. The van der Waals surface area contributed by atoms with Crippen molar-refractivity contribution in [1.82, 2.24) is 14.9 Å². The summed E-state index contributed by atoms with van der Waals surface area (Å²) in [6.07, 6.45) is 4.87. The van der Waals surface area contributed by atoms with Gasteiger partial charge >= 0.3 is 0 Å². The largest absolute Gasteiger partial charge is 0.384 e. The van der Waals surface area contributed by atoms with Crippen molar-refractivity contribution in [3.05, 3.63) is 40.4 Å². The van der Waals surface area contributed by atoms with E-state index < -0.39 is 0 Å². The van der Waals surface area contributed by atoms with Crippen LogP contribution in [-0.4, -0.2) is 79.2 Å². The Morgan fingerprint density at radius 1 is 0.939 bits per heavy atom. The fourth-order valence-corrected chi connectivity index (χ4v) is 4.26. The molecule has 2 aliphatic rings. The molecule has 0 spiro atoms. The fourth-order valence-electron chi connectivity index (χ4n) is 4.26. The number of nitro benzene ring substituents is 1. The zero-order valence-corrected chi connectivity index (χ0v) is 19.4. The van der Waals surface area contributed by atoms with Gasteiger partial charge in [0.15, 0.2) is 0 Å². The minimum Gasteiger partial charge on any atom is -0.384 e. The second-order valence-electron chi connectivity index (χ2n) is 8.76. The van der Waals surface area contributed by atoms with Gasteiger partial charge in [0.05, 0.1) is 4.92 Å². The van der Waals surface area contributed by atoms with Crippen molar-refractivity contribution >= 4 is 29.0 Å². The van der Waals surface area contributed by atoms with Gasteiger partial charge in [-0.05, 0) is 44.9 Å². The second kappa shape index (κ2) is 11.1. The van der Waals surface area contributed by atoms with Crippen molar-refractivity contribution in [3.8, 4) is 0 Å². The lowest BCUT2D eigenvalue weighted by molar-refractivity contribution is -0.384. The smallest absolute Gasteiger partial charge is 0.269 e. The van der Waals surface area contributed by atoms with Crippen LogP contribution in [0.25, 0.3) is 0 Å². The highest BCUT2D eigenvalue weighted by atomic mass is 16.6. The molecule has 1 aromatic heterocycles. The molecule has 33 heavy (non-hydrogen) atoms. The van der Waals surface area contributed by atoms with E-state index >= 15 is 0 Å². The summed E-state index contributed by atoms with van der Waals surface area (Å²) < 4.78 is 0. The van der Waals surface area contributed by atoms with Gasteiger partial charge in [0.2, 0.25) is 5.95 Å². The third kappa shape index (κ3) is 6.44. The molecule has 2 aliphatic heterocycles. The fraction of sp³-hybridized carbons (Fsp3) is 0.565. The number of nitrogens with zero attached hydrogens (tertiary/aromatic N) is 6. The summed E-state index contributed by atoms with van der Waals surface area (Å²) in [5.41, 5.74) is 0.992. The van der Waals surface area contributed by atoms with E-state index in [2.05, 4.69) is 38.4 Å². The number of likely N-dealkylation sites (N-methyl/N-ethyl adjacent to an activating group) is 1. The molecule has 0 amide bonds. The standard InChI is InChI=1S/C23H34N8O2/c1-28(16-10-24-19-6-8-20(9-7-19)31(32)33)17-11-25-21-18-22(29-12-2-3-13-29)27-23(26-21)30-14-4-5-15-30/h6-9,18,24H,2-5,10-17H2,1H3,(H,25,26,27). The minimum absolute atomic E-state index is 0.106. The van der Waals surface area contributed by atoms with Crippen molar-refractivity contribution in [2.45, 2.75) is 25.7 Å². The first-order chi connectivity index (χ1) is 16.1. The molecule has 1 aromatic carbocycles. The Morgan fingerprint density at radius 3 is 2.18 bits per heavy atom. The van der Waals surface area contributed by atoms with Gasteiger partial charge in [-0.2, -0.15) is 9.97 Å². The van der Waals surface area contributed by atoms with Crippen LogP contribution >= 0.6 is 0 Å². The van der Waals surface area contributed by atoms with Crippen LogP contribution in [0, 0.1) is 10.1 Å². The zero-order valence-electron chi connectivity index (χ0n) is 19.4. The maximum atomic E-state index is 10.7. The van der Waals surface area contributed by atoms with Crippen LogP contribution in [0.4, 0.5) is 29.0 Å². The molecule has 3 heterocycles. The van der Waals surface area contributed by atoms with Crippen molar-refractivity contribution in [2.75, 3.05) is 79.8 Å². The number of non-ortho nitro benzene ring substituents is 1. The molecule has 0 radical (unpaired) electrons. The summed E-state index contributed by atoms with van der Waals surface area (Å²) in [6, 6.07) is 8.60. The molecule has 0 unspecified atom stereocenters. The number of nitrogens with one attached hydrogen (secondary N) is 2. The van der Waals surface area contributed by atoms with E-state index in [0.717, 1.165) is 75.6 Å². The first kappa shape index (κ1) is 23.0. The normalized spacial score (nSPS) is 15.9. The minimum atomic E-state index is -0.385. The van der Waals surface area contributed by atoms with E-state index in [1.807, 2.05) is 0 Å². The lowest BCUT2D eigenvalue weighted by atomic mass is 10.3. The molecule has 10 nitrogen and oxygen atoms in total. The maximum absolute atomic E-state index is 10.7. The Bertz CT molecular complexity index is 877. The van der Waals surface area contributed by atoms with Gasteiger partial charge in [0, 0.05) is 76.2 Å². The van der Waals surface area contributed by atoms with Gasteiger partial charge in [-0.1, -0.05) is 0 Å². The number of hydrogen-bond donors (Lipinski definition) is 2.